The Kier molecular flexibility index (Phi) is 24.3. The summed E-state index contributed by atoms with van der Waals surface area (Å²) in [7, 11) is -10.8. The summed E-state index contributed by atoms with van der Waals surface area (Å²) in [6.07, 6.45) is 0. The maximum Gasteiger partial charge on any atom is 1.00 e. The minimum Gasteiger partial charge on any atom is -0.744 e. The third-order valence-electron chi connectivity index (χ3n) is 10.9. The van der Waals surface area contributed by atoms with E-state index in [4.69, 9.17) is 10.2 Å². The summed E-state index contributed by atoms with van der Waals surface area (Å²) >= 11 is 0. The van der Waals surface area contributed by atoms with Gasteiger partial charge in [0.15, 0.2) is 116 Å². The Morgan fingerprint density at radius 2 is 0.500 bits per heavy atom. The first-order valence-corrected chi connectivity index (χ1v) is 24.0. The van der Waals surface area contributed by atoms with Crippen LogP contribution in [0.15, 0.2) is 46.2 Å². The minimum atomic E-state index is -6.12. The van der Waals surface area contributed by atoms with Crippen molar-refractivity contribution in [3.63, 3.8) is 0 Å². The average Bonchev–Trinajstić information content (AvgIpc) is 0.769. The minimum absolute atomic E-state index is 0. The summed E-state index contributed by atoms with van der Waals surface area (Å²) in [5.74, 6) is -87.3. The molecule has 0 aliphatic rings. The van der Waals surface area contributed by atoms with Gasteiger partial charge < -0.3 is 28.8 Å². The monoisotopic (exact) mass is 1420 g/mol. The number of hydrogen-bond donors (Lipinski definition) is 2. The standard InChI is InChI=1S/C30H4F18O5S.C12F10.C6H6O5S.2K/c31-11-7(12(32)20(40)23(43)19(11)39)9-15(35)25(45)29(26(46)16(9)36)52-4-1-2-5(6(3-4)54(49,50)51)53-30-27(47)17(37)10(18(38)28(30)48)8-13(33)21(41)24(44)22(42)14(8)34;13-3-1(4(14)8(18)11(21)7(3)17)2-5(15)9(19)12(22)10(20)6(2)16;7-4-1-2-5(8)6(3-4)12(9,10)11;;/h1-3H,(H,49,50,51);;1-3,7-8H,(H,9,10,11);;/q;;;2*+1/p-2. The predicted molar refractivity (Wildman–Crippen MR) is 227 cm³/mol. The van der Waals surface area contributed by atoms with Gasteiger partial charge in [-0.15, -0.1) is 0 Å². The SMILES string of the molecule is Fc1c(F)c(F)c(-c2c(F)c(F)c(F)c(F)c2F)c(F)c1F.O=S(=O)([O-])c1cc(O)ccc1O.O=S(=O)([O-])c1cc(Oc2c(F)c(F)c(-c3c(F)c(F)c(F)c(F)c3F)c(F)c2F)ccc1Oc1c(F)c(F)c(-c2c(F)c(F)c(F)c(F)c2F)c(F)c1F.[K+].[K+]. The summed E-state index contributed by atoms with van der Waals surface area (Å²) in [5.41, 5.74) is -14.6. The van der Waals surface area contributed by atoms with Crippen LogP contribution in [0.4, 0.5) is 123 Å². The van der Waals surface area contributed by atoms with Crippen LogP contribution < -0.4 is 112 Å². The van der Waals surface area contributed by atoms with Crippen molar-refractivity contribution in [2.45, 2.75) is 9.79 Å². The molecule has 8 aromatic rings. The quantitative estimate of drug-likeness (QED) is 0.0355. The number of rotatable bonds is 9. The molecule has 0 atom stereocenters. The molecule has 0 bridgehead atoms. The number of halogens is 28. The van der Waals surface area contributed by atoms with Crippen molar-refractivity contribution in [3.05, 3.63) is 199 Å². The van der Waals surface area contributed by atoms with Crippen molar-refractivity contribution in [3.8, 4) is 67.9 Å². The molecule has 0 aromatic heterocycles. The van der Waals surface area contributed by atoms with Crippen LogP contribution >= 0.6 is 0 Å². The molecule has 8 aromatic carbocycles. The van der Waals surface area contributed by atoms with Crippen molar-refractivity contribution < 1.29 is 271 Å². The van der Waals surface area contributed by atoms with Gasteiger partial charge in [-0.25, -0.2) is 122 Å². The van der Waals surface area contributed by atoms with Gasteiger partial charge in [-0.2, -0.15) is 17.6 Å². The van der Waals surface area contributed by atoms with Gasteiger partial charge in [-0.1, -0.05) is 0 Å². The van der Waals surface area contributed by atoms with Crippen LogP contribution in [0.2, 0.25) is 0 Å². The molecule has 10 nitrogen and oxygen atoms in total. The molecule has 0 heterocycles. The van der Waals surface area contributed by atoms with Gasteiger partial charge in [-0.3, -0.25) is 0 Å². The number of phenolic OH excluding ortho intramolecular Hbond substituents is 2. The first kappa shape index (κ1) is 76.5. The molecular weight excluding hydrogens is 1410 g/mol. The molecule has 42 heteroatoms. The molecular formula is C48H8F28K2O10S2. The van der Waals surface area contributed by atoms with E-state index in [1.54, 1.807) is 0 Å². The zero-order chi connectivity index (χ0) is 66.9. The van der Waals surface area contributed by atoms with Crippen LogP contribution in [-0.2, 0) is 20.2 Å². The second-order valence-electron chi connectivity index (χ2n) is 16.1. The van der Waals surface area contributed by atoms with Crippen LogP contribution in [0.1, 0.15) is 0 Å². The maximum absolute atomic E-state index is 14.9. The van der Waals surface area contributed by atoms with Gasteiger partial charge in [0.2, 0.25) is 58.0 Å². The van der Waals surface area contributed by atoms with Gasteiger partial charge in [0.25, 0.3) is 0 Å². The fourth-order valence-electron chi connectivity index (χ4n) is 6.90. The number of ether oxygens (including phenoxy) is 2. The summed E-state index contributed by atoms with van der Waals surface area (Å²) < 4.78 is 464. The Morgan fingerprint density at radius 1 is 0.278 bits per heavy atom. The van der Waals surface area contributed by atoms with E-state index < -0.39 is 255 Å². The number of aromatic hydroxyl groups is 2. The van der Waals surface area contributed by atoms with Crippen LogP contribution in [0, 0.1) is 163 Å². The molecule has 0 saturated carbocycles. The van der Waals surface area contributed by atoms with E-state index in [0.29, 0.717) is 6.07 Å². The largest absolute Gasteiger partial charge is 1.00 e. The fourth-order valence-corrected chi connectivity index (χ4v) is 8.11. The van der Waals surface area contributed by atoms with Crippen LogP contribution in [0.25, 0.3) is 33.4 Å². The Hall–Kier alpha value is -5.91. The Bertz CT molecular complexity index is 4300. The number of hydrogen-bond acceptors (Lipinski definition) is 10. The van der Waals surface area contributed by atoms with Crippen LogP contribution in [0.5, 0.6) is 34.5 Å². The van der Waals surface area contributed by atoms with Gasteiger partial charge in [0, 0.05) is 12.1 Å². The molecule has 0 radical (unpaired) electrons. The van der Waals surface area contributed by atoms with E-state index in [9.17, 15) is 149 Å². The van der Waals surface area contributed by atoms with Crippen LogP contribution in [0.3, 0.4) is 0 Å². The number of benzene rings is 8. The zero-order valence-corrected chi connectivity index (χ0v) is 49.9. The topological polar surface area (TPSA) is 173 Å². The molecule has 0 saturated heterocycles. The van der Waals surface area contributed by atoms with E-state index in [2.05, 4.69) is 9.47 Å². The molecule has 0 unspecified atom stereocenters. The molecule has 0 aliphatic carbocycles. The summed E-state index contributed by atoms with van der Waals surface area (Å²) in [4.78, 5) is -2.77. The van der Waals surface area contributed by atoms with Crippen molar-refractivity contribution in [1.29, 1.82) is 0 Å². The van der Waals surface area contributed by atoms with Crippen molar-refractivity contribution in [1.82, 2.24) is 0 Å². The van der Waals surface area contributed by atoms with Gasteiger partial charge in [-0.05, 0) is 24.3 Å². The number of phenols is 2. The van der Waals surface area contributed by atoms with E-state index in [1.807, 2.05) is 0 Å². The normalized spacial score (nSPS) is 11.3. The third-order valence-corrected chi connectivity index (χ3v) is 12.6. The fraction of sp³-hybridized carbons (Fsp3) is 0. The van der Waals surface area contributed by atoms with Gasteiger partial charge >= 0.3 is 103 Å². The maximum atomic E-state index is 14.9. The second-order valence-corrected chi connectivity index (χ2v) is 18.8. The predicted octanol–water partition coefficient (Wildman–Crippen LogP) is 8.77. The zero-order valence-electron chi connectivity index (χ0n) is 42.0. The Morgan fingerprint density at radius 3 is 0.733 bits per heavy atom. The first-order chi connectivity index (χ1) is 40.5. The molecule has 470 valence electrons. The van der Waals surface area contributed by atoms with Crippen molar-refractivity contribution in [2.24, 2.45) is 0 Å². The van der Waals surface area contributed by atoms with E-state index >= 15 is 0 Å². The van der Waals surface area contributed by atoms with Gasteiger partial charge in [0.1, 0.15) is 48.1 Å². The smallest absolute Gasteiger partial charge is 0.744 e. The molecule has 0 amide bonds. The van der Waals surface area contributed by atoms with E-state index in [-0.39, 0.29) is 127 Å². The molecule has 2 N–H and O–H groups in total. The molecule has 0 fully saturated rings. The Balaban J connectivity index is 0.000000391. The summed E-state index contributed by atoms with van der Waals surface area (Å²) in [5, 5.41) is 17.7. The molecule has 90 heavy (non-hydrogen) atoms. The van der Waals surface area contributed by atoms with E-state index in [0.717, 1.165) is 12.1 Å². The van der Waals surface area contributed by atoms with Crippen molar-refractivity contribution in [2.75, 3.05) is 0 Å². The summed E-state index contributed by atoms with van der Waals surface area (Å²) in [6, 6.07) is 2.72. The van der Waals surface area contributed by atoms with Crippen molar-refractivity contribution >= 4 is 20.2 Å². The Labute approximate surface area is 562 Å². The molecule has 0 aliphatic heterocycles. The average molecular weight is 1420 g/mol. The van der Waals surface area contributed by atoms with Gasteiger partial charge in [0.05, 0.1) is 38.3 Å². The second kappa shape index (κ2) is 28.5. The molecule has 0 spiro atoms. The summed E-state index contributed by atoms with van der Waals surface area (Å²) in [6.45, 7) is 0. The third kappa shape index (κ3) is 14.0. The first-order valence-electron chi connectivity index (χ1n) is 21.2. The molecule has 8 rings (SSSR count). The van der Waals surface area contributed by atoms with Crippen LogP contribution in [-0.4, -0.2) is 36.2 Å². The van der Waals surface area contributed by atoms with E-state index in [1.165, 1.54) is 0 Å².